The molecule has 1 fully saturated rings. The number of carbonyl (C=O) groups excluding carboxylic acids is 1. The highest BCUT2D eigenvalue weighted by Gasteiger charge is 2.31. The van der Waals surface area contributed by atoms with Gasteiger partial charge in [-0.3, -0.25) is 9.78 Å². The number of carbonyl (C=O) groups is 1. The van der Waals surface area contributed by atoms with Crippen molar-refractivity contribution in [2.75, 3.05) is 6.54 Å². The van der Waals surface area contributed by atoms with Crippen molar-refractivity contribution in [3.8, 4) is 0 Å². The molecule has 0 aromatic carbocycles. The highest BCUT2D eigenvalue weighted by molar-refractivity contribution is 5.78. The van der Waals surface area contributed by atoms with E-state index in [9.17, 15) is 4.79 Å². The third-order valence-corrected chi connectivity index (χ3v) is 3.73. The van der Waals surface area contributed by atoms with E-state index in [0.717, 1.165) is 17.8 Å². The molecule has 1 atom stereocenters. The number of nitrogens with zero attached hydrogens (tertiary/aromatic N) is 2. The van der Waals surface area contributed by atoms with Crippen LogP contribution in [0.5, 0.6) is 0 Å². The maximum atomic E-state index is 12.0. The van der Waals surface area contributed by atoms with Gasteiger partial charge in [-0.1, -0.05) is 19.9 Å². The summed E-state index contributed by atoms with van der Waals surface area (Å²) in [5, 5.41) is 0. The average Bonchev–Trinajstić information content (AvgIpc) is 2.72. The molecular formula is C14H21N3O. The van der Waals surface area contributed by atoms with E-state index in [0.29, 0.717) is 31.3 Å². The predicted octanol–water partition coefficient (Wildman–Crippen LogP) is 1.54. The number of nitrogens with two attached hydrogens (primary N) is 1. The molecule has 2 N–H and O–H groups in total. The van der Waals surface area contributed by atoms with Crippen LogP contribution in [0.1, 0.15) is 31.5 Å². The Balaban J connectivity index is 2.08. The lowest BCUT2D eigenvalue weighted by atomic mass is 9.95. The molecule has 1 unspecified atom stereocenters. The second-order valence-electron chi connectivity index (χ2n) is 5.30. The molecule has 4 nitrogen and oxygen atoms in total. The molecule has 1 aromatic rings. The second kappa shape index (κ2) is 5.48. The summed E-state index contributed by atoms with van der Waals surface area (Å²) in [5.74, 6) is 1.29. The Hall–Kier alpha value is -1.42. The number of hydrogen-bond donors (Lipinski definition) is 1. The molecule has 1 aliphatic rings. The minimum atomic E-state index is 0.250. The standard InChI is InChI=1S/C14H21N3O/c1-10(2)12-6-14(18)17(9-12)8-11-4-3-5-16-13(11)7-15/h3-5,10,12H,6-9,15H2,1-2H3. The molecule has 1 saturated heterocycles. The Labute approximate surface area is 108 Å². The first kappa shape index (κ1) is 13.0. The fourth-order valence-electron chi connectivity index (χ4n) is 2.41. The van der Waals surface area contributed by atoms with Gasteiger partial charge in [0.2, 0.25) is 5.91 Å². The third kappa shape index (κ3) is 2.70. The van der Waals surface area contributed by atoms with Crippen LogP contribution in [0.4, 0.5) is 0 Å². The summed E-state index contributed by atoms with van der Waals surface area (Å²) in [6.45, 7) is 6.28. The van der Waals surface area contributed by atoms with Crippen LogP contribution in [0.25, 0.3) is 0 Å². The van der Waals surface area contributed by atoms with Crippen LogP contribution in [0, 0.1) is 11.8 Å². The van der Waals surface area contributed by atoms with Gasteiger partial charge in [0.1, 0.15) is 0 Å². The van der Waals surface area contributed by atoms with Gasteiger partial charge in [-0.05, 0) is 23.5 Å². The van der Waals surface area contributed by atoms with Crippen LogP contribution in [-0.4, -0.2) is 22.3 Å². The lowest BCUT2D eigenvalue weighted by molar-refractivity contribution is -0.128. The van der Waals surface area contributed by atoms with Crippen molar-refractivity contribution >= 4 is 5.91 Å². The van der Waals surface area contributed by atoms with Crippen molar-refractivity contribution in [1.82, 2.24) is 9.88 Å². The van der Waals surface area contributed by atoms with Crippen LogP contribution >= 0.6 is 0 Å². The summed E-state index contributed by atoms with van der Waals surface area (Å²) < 4.78 is 0. The van der Waals surface area contributed by atoms with Gasteiger partial charge in [0, 0.05) is 32.3 Å². The molecule has 2 heterocycles. The van der Waals surface area contributed by atoms with Crippen LogP contribution in [0.3, 0.4) is 0 Å². The lowest BCUT2D eigenvalue weighted by Gasteiger charge is -2.19. The molecule has 1 aliphatic heterocycles. The van der Waals surface area contributed by atoms with Crippen molar-refractivity contribution in [3.63, 3.8) is 0 Å². The average molecular weight is 247 g/mol. The van der Waals surface area contributed by atoms with E-state index in [-0.39, 0.29) is 5.91 Å². The first-order valence-electron chi connectivity index (χ1n) is 6.52. The van der Waals surface area contributed by atoms with Gasteiger partial charge in [-0.15, -0.1) is 0 Å². The highest BCUT2D eigenvalue weighted by atomic mass is 16.2. The number of likely N-dealkylation sites (tertiary alicyclic amines) is 1. The number of amides is 1. The highest BCUT2D eigenvalue weighted by Crippen LogP contribution is 2.26. The zero-order chi connectivity index (χ0) is 13.1. The van der Waals surface area contributed by atoms with Crippen molar-refractivity contribution in [2.24, 2.45) is 17.6 Å². The Bertz CT molecular complexity index is 431. The number of hydrogen-bond acceptors (Lipinski definition) is 3. The molecule has 98 valence electrons. The van der Waals surface area contributed by atoms with Crippen LogP contribution in [0.15, 0.2) is 18.3 Å². The SMILES string of the molecule is CC(C)C1CC(=O)N(Cc2cccnc2CN)C1. The molecule has 0 radical (unpaired) electrons. The summed E-state index contributed by atoms with van der Waals surface area (Å²) in [5.41, 5.74) is 7.62. The van der Waals surface area contributed by atoms with Gasteiger partial charge >= 0.3 is 0 Å². The molecule has 4 heteroatoms. The zero-order valence-electron chi connectivity index (χ0n) is 11.1. The van der Waals surface area contributed by atoms with E-state index in [4.69, 9.17) is 5.73 Å². The molecule has 0 aliphatic carbocycles. The summed E-state index contributed by atoms with van der Waals surface area (Å²) >= 11 is 0. The van der Waals surface area contributed by atoms with Crippen LogP contribution < -0.4 is 5.73 Å². The van der Waals surface area contributed by atoms with Gasteiger partial charge in [0.15, 0.2) is 0 Å². The zero-order valence-corrected chi connectivity index (χ0v) is 11.1. The van der Waals surface area contributed by atoms with Crippen molar-refractivity contribution in [1.29, 1.82) is 0 Å². The van der Waals surface area contributed by atoms with E-state index in [1.807, 2.05) is 17.0 Å². The fourth-order valence-corrected chi connectivity index (χ4v) is 2.41. The maximum Gasteiger partial charge on any atom is 0.223 e. The van der Waals surface area contributed by atoms with E-state index < -0.39 is 0 Å². The predicted molar refractivity (Wildman–Crippen MR) is 70.5 cm³/mol. The first-order valence-corrected chi connectivity index (χ1v) is 6.52. The summed E-state index contributed by atoms with van der Waals surface area (Å²) in [7, 11) is 0. The van der Waals surface area contributed by atoms with Crippen molar-refractivity contribution in [2.45, 2.75) is 33.4 Å². The van der Waals surface area contributed by atoms with Gasteiger partial charge in [-0.2, -0.15) is 0 Å². The minimum Gasteiger partial charge on any atom is -0.338 e. The van der Waals surface area contributed by atoms with E-state index in [1.54, 1.807) is 6.20 Å². The lowest BCUT2D eigenvalue weighted by Crippen LogP contribution is -2.26. The van der Waals surface area contributed by atoms with Crippen molar-refractivity contribution in [3.05, 3.63) is 29.6 Å². The molecule has 0 spiro atoms. The van der Waals surface area contributed by atoms with Gasteiger partial charge in [0.25, 0.3) is 0 Å². The minimum absolute atomic E-state index is 0.250. The third-order valence-electron chi connectivity index (χ3n) is 3.73. The van der Waals surface area contributed by atoms with E-state index in [2.05, 4.69) is 18.8 Å². The molecule has 2 rings (SSSR count). The van der Waals surface area contributed by atoms with Gasteiger partial charge < -0.3 is 10.6 Å². The fraction of sp³-hybridized carbons (Fsp3) is 0.571. The Morgan fingerprint density at radius 3 is 2.94 bits per heavy atom. The van der Waals surface area contributed by atoms with Crippen LogP contribution in [0.2, 0.25) is 0 Å². The smallest absolute Gasteiger partial charge is 0.223 e. The van der Waals surface area contributed by atoms with Crippen molar-refractivity contribution < 1.29 is 4.79 Å². The summed E-state index contributed by atoms with van der Waals surface area (Å²) in [6, 6.07) is 3.90. The monoisotopic (exact) mass is 247 g/mol. The van der Waals surface area contributed by atoms with Gasteiger partial charge in [0.05, 0.1) is 5.69 Å². The summed E-state index contributed by atoms with van der Waals surface area (Å²) in [4.78, 5) is 18.2. The Morgan fingerprint density at radius 1 is 1.56 bits per heavy atom. The quantitative estimate of drug-likeness (QED) is 0.878. The Kier molecular flexibility index (Phi) is 3.97. The normalized spacial score (nSPS) is 19.9. The van der Waals surface area contributed by atoms with Gasteiger partial charge in [-0.25, -0.2) is 0 Å². The molecule has 0 saturated carbocycles. The topological polar surface area (TPSA) is 59.2 Å². The molecule has 0 bridgehead atoms. The van der Waals surface area contributed by atoms with Crippen LogP contribution in [-0.2, 0) is 17.9 Å². The molecule has 18 heavy (non-hydrogen) atoms. The molecular weight excluding hydrogens is 226 g/mol. The maximum absolute atomic E-state index is 12.0. The van der Waals surface area contributed by atoms with E-state index in [1.165, 1.54) is 0 Å². The first-order chi connectivity index (χ1) is 8.61. The number of pyridine rings is 1. The second-order valence-corrected chi connectivity index (χ2v) is 5.30. The number of rotatable bonds is 4. The van der Waals surface area contributed by atoms with E-state index >= 15 is 0 Å². The number of aromatic nitrogens is 1. The Morgan fingerprint density at radius 2 is 2.33 bits per heavy atom. The molecule has 1 aromatic heterocycles. The largest absolute Gasteiger partial charge is 0.338 e. The summed E-state index contributed by atoms with van der Waals surface area (Å²) in [6.07, 6.45) is 2.42. The molecule has 1 amide bonds.